The van der Waals surface area contributed by atoms with Gasteiger partial charge in [0.2, 0.25) is 0 Å². The second kappa shape index (κ2) is 6.84. The number of hydrogen-bond acceptors (Lipinski definition) is 3. The Morgan fingerprint density at radius 1 is 1.12 bits per heavy atom. The molecule has 0 bridgehead atoms. The fourth-order valence-electron chi connectivity index (χ4n) is 2.52. The number of aromatic nitrogens is 2. The van der Waals surface area contributed by atoms with Gasteiger partial charge in [-0.05, 0) is 30.2 Å². The summed E-state index contributed by atoms with van der Waals surface area (Å²) in [6.07, 6.45) is 0.687. The highest BCUT2D eigenvalue weighted by Gasteiger charge is 2.14. The van der Waals surface area contributed by atoms with E-state index >= 15 is 0 Å². The van der Waals surface area contributed by atoms with Gasteiger partial charge in [-0.25, -0.2) is 4.68 Å². The Labute approximate surface area is 143 Å². The summed E-state index contributed by atoms with van der Waals surface area (Å²) in [5.74, 6) is -0.296. The lowest BCUT2D eigenvalue weighted by molar-refractivity contribution is 0.0949. The Kier molecular flexibility index (Phi) is 4.62. The van der Waals surface area contributed by atoms with Crippen molar-refractivity contribution in [3.8, 4) is 0 Å². The normalized spacial score (nSPS) is 10.8. The van der Waals surface area contributed by atoms with E-state index in [9.17, 15) is 9.59 Å². The molecule has 0 aliphatic rings. The van der Waals surface area contributed by atoms with Crippen LogP contribution < -0.4 is 10.9 Å². The number of benzene rings is 2. The van der Waals surface area contributed by atoms with Crippen molar-refractivity contribution >= 4 is 28.3 Å². The van der Waals surface area contributed by atoms with Crippen LogP contribution in [0.4, 0.5) is 0 Å². The molecule has 3 aromatic rings. The molecule has 0 atom stereocenters. The number of fused-ring (bicyclic) bond motifs is 1. The summed E-state index contributed by atoms with van der Waals surface area (Å²) < 4.78 is 1.19. The predicted octanol–water partition coefficient (Wildman–Crippen LogP) is 2.56. The zero-order valence-corrected chi connectivity index (χ0v) is 13.9. The van der Waals surface area contributed by atoms with Gasteiger partial charge in [0.05, 0.1) is 5.39 Å². The van der Waals surface area contributed by atoms with Gasteiger partial charge < -0.3 is 5.32 Å². The third-order valence-electron chi connectivity index (χ3n) is 3.78. The first-order valence-electron chi connectivity index (χ1n) is 7.55. The summed E-state index contributed by atoms with van der Waals surface area (Å²) in [6, 6.07) is 14.5. The summed E-state index contributed by atoms with van der Waals surface area (Å²) in [5, 5.41) is 8.69. The van der Waals surface area contributed by atoms with Crippen molar-refractivity contribution < 1.29 is 4.79 Å². The maximum atomic E-state index is 12.5. The van der Waals surface area contributed by atoms with E-state index in [1.54, 1.807) is 31.3 Å². The van der Waals surface area contributed by atoms with Crippen LogP contribution in [0.5, 0.6) is 0 Å². The average Bonchev–Trinajstić information content (AvgIpc) is 2.60. The van der Waals surface area contributed by atoms with Crippen LogP contribution in [0.3, 0.4) is 0 Å². The lowest BCUT2D eigenvalue weighted by atomic mass is 10.1. The molecule has 0 saturated heterocycles. The maximum absolute atomic E-state index is 12.5. The Balaban J connectivity index is 1.78. The van der Waals surface area contributed by atoms with Crippen LogP contribution in [0.25, 0.3) is 10.8 Å². The number of nitrogens with zero attached hydrogens (tertiary/aromatic N) is 2. The fourth-order valence-corrected chi connectivity index (χ4v) is 2.65. The maximum Gasteiger partial charge on any atom is 0.274 e. The van der Waals surface area contributed by atoms with Gasteiger partial charge in [-0.2, -0.15) is 5.10 Å². The molecular weight excluding hydrogens is 326 g/mol. The molecule has 5 nitrogen and oxygen atoms in total. The van der Waals surface area contributed by atoms with E-state index in [2.05, 4.69) is 10.4 Å². The van der Waals surface area contributed by atoms with Gasteiger partial charge in [-0.3, -0.25) is 9.59 Å². The molecule has 0 unspecified atom stereocenters. The minimum absolute atomic E-state index is 0.219. The summed E-state index contributed by atoms with van der Waals surface area (Å²) in [7, 11) is 1.54. The molecule has 3 rings (SSSR count). The van der Waals surface area contributed by atoms with Crippen LogP contribution in [0, 0.1) is 0 Å². The van der Waals surface area contributed by atoms with Crippen LogP contribution in [0.15, 0.2) is 53.3 Å². The van der Waals surface area contributed by atoms with Crippen LogP contribution in [0.2, 0.25) is 5.02 Å². The van der Waals surface area contributed by atoms with Gasteiger partial charge >= 0.3 is 0 Å². The van der Waals surface area contributed by atoms with E-state index in [0.29, 0.717) is 28.8 Å². The fraction of sp³-hybridized carbons (Fsp3) is 0.167. The molecule has 1 heterocycles. The third-order valence-corrected chi connectivity index (χ3v) is 4.04. The average molecular weight is 342 g/mol. The first-order chi connectivity index (χ1) is 11.6. The molecule has 0 radical (unpaired) electrons. The van der Waals surface area contributed by atoms with Crippen molar-refractivity contribution in [2.45, 2.75) is 6.42 Å². The number of carbonyl (C=O) groups excluding carboxylic acids is 1. The molecule has 0 fully saturated rings. The quantitative estimate of drug-likeness (QED) is 0.793. The molecule has 1 aromatic heterocycles. The number of aryl methyl sites for hydroxylation is 1. The first kappa shape index (κ1) is 16.2. The van der Waals surface area contributed by atoms with E-state index in [1.807, 2.05) is 24.3 Å². The highest BCUT2D eigenvalue weighted by Crippen LogP contribution is 2.13. The topological polar surface area (TPSA) is 64.0 Å². The third kappa shape index (κ3) is 3.31. The predicted molar refractivity (Wildman–Crippen MR) is 94.5 cm³/mol. The summed E-state index contributed by atoms with van der Waals surface area (Å²) in [4.78, 5) is 24.5. The first-order valence-corrected chi connectivity index (χ1v) is 7.93. The Bertz CT molecular complexity index is 949. The lowest BCUT2D eigenvalue weighted by Crippen LogP contribution is -2.30. The number of nitrogens with one attached hydrogen (secondary N) is 1. The van der Waals surface area contributed by atoms with Crippen LogP contribution in [0.1, 0.15) is 16.1 Å². The second-order valence-electron chi connectivity index (χ2n) is 5.46. The summed E-state index contributed by atoms with van der Waals surface area (Å²) in [6.45, 7) is 0.472. The van der Waals surface area contributed by atoms with Crippen LogP contribution in [-0.4, -0.2) is 22.2 Å². The van der Waals surface area contributed by atoms with Gasteiger partial charge in [-0.15, -0.1) is 0 Å². The van der Waals surface area contributed by atoms with Crippen LogP contribution >= 0.6 is 11.6 Å². The van der Waals surface area contributed by atoms with Crippen molar-refractivity contribution in [2.75, 3.05) is 6.54 Å². The highest BCUT2D eigenvalue weighted by molar-refractivity contribution is 6.30. The molecule has 0 spiro atoms. The Morgan fingerprint density at radius 3 is 2.50 bits per heavy atom. The lowest BCUT2D eigenvalue weighted by Gasteiger charge is -2.09. The monoisotopic (exact) mass is 341 g/mol. The Hall–Kier alpha value is -2.66. The van der Waals surface area contributed by atoms with Crippen molar-refractivity contribution in [3.63, 3.8) is 0 Å². The Morgan fingerprint density at radius 2 is 1.79 bits per heavy atom. The van der Waals surface area contributed by atoms with Gasteiger partial charge in [0, 0.05) is 24.0 Å². The second-order valence-corrected chi connectivity index (χ2v) is 5.89. The summed E-state index contributed by atoms with van der Waals surface area (Å²) in [5.41, 5.74) is 1.12. The van der Waals surface area contributed by atoms with Gasteiger partial charge in [0.15, 0.2) is 5.69 Å². The van der Waals surface area contributed by atoms with Crippen LogP contribution in [-0.2, 0) is 13.5 Å². The smallest absolute Gasteiger partial charge is 0.274 e. The number of halogens is 1. The number of amides is 1. The molecule has 24 heavy (non-hydrogen) atoms. The molecule has 0 saturated carbocycles. The van der Waals surface area contributed by atoms with Gasteiger partial charge in [0.25, 0.3) is 11.5 Å². The van der Waals surface area contributed by atoms with Crippen molar-refractivity contribution in [3.05, 3.63) is 75.2 Å². The van der Waals surface area contributed by atoms with Crippen molar-refractivity contribution in [1.29, 1.82) is 0 Å². The van der Waals surface area contributed by atoms with Gasteiger partial charge in [0.1, 0.15) is 0 Å². The zero-order valence-electron chi connectivity index (χ0n) is 13.1. The zero-order chi connectivity index (χ0) is 17.1. The molecule has 6 heteroatoms. The van der Waals surface area contributed by atoms with E-state index in [0.717, 1.165) is 5.56 Å². The highest BCUT2D eigenvalue weighted by atomic mass is 35.5. The molecule has 122 valence electrons. The minimum atomic E-state index is -0.296. The van der Waals surface area contributed by atoms with E-state index < -0.39 is 0 Å². The number of carbonyl (C=O) groups is 1. The number of hydrogen-bond donors (Lipinski definition) is 1. The van der Waals surface area contributed by atoms with E-state index in [4.69, 9.17) is 11.6 Å². The van der Waals surface area contributed by atoms with Crippen molar-refractivity contribution in [1.82, 2.24) is 15.1 Å². The van der Waals surface area contributed by atoms with E-state index in [1.165, 1.54) is 4.68 Å². The summed E-state index contributed by atoms with van der Waals surface area (Å²) >= 11 is 5.85. The molecule has 1 amide bonds. The molecule has 0 aliphatic carbocycles. The largest absolute Gasteiger partial charge is 0.350 e. The van der Waals surface area contributed by atoms with E-state index in [-0.39, 0.29) is 17.2 Å². The molecular formula is C18H16ClN3O2. The van der Waals surface area contributed by atoms with Gasteiger partial charge in [-0.1, -0.05) is 41.9 Å². The van der Waals surface area contributed by atoms with Crippen molar-refractivity contribution in [2.24, 2.45) is 7.05 Å². The molecule has 1 N–H and O–H groups in total. The SMILES string of the molecule is Cn1nc(C(=O)NCCc2ccc(Cl)cc2)c2ccccc2c1=O. The molecule has 2 aromatic carbocycles. The standard InChI is InChI=1S/C18H16ClN3O2/c1-22-18(24)15-5-3-2-4-14(15)16(21-22)17(23)20-11-10-12-6-8-13(19)9-7-12/h2-9H,10-11H2,1H3,(H,20,23). The number of rotatable bonds is 4. The minimum Gasteiger partial charge on any atom is -0.350 e. The molecule has 0 aliphatic heterocycles.